The molecule has 0 spiro atoms. The van der Waals surface area contributed by atoms with Gasteiger partial charge in [0, 0.05) is 21.2 Å². The number of carbonyl (C=O) groups excluding carboxylic acids is 1. The number of ether oxygens (including phenoxy) is 1. The highest BCUT2D eigenvalue weighted by atomic mass is 127. The van der Waals surface area contributed by atoms with Crippen LogP contribution in [0.3, 0.4) is 0 Å². The van der Waals surface area contributed by atoms with Gasteiger partial charge in [0.05, 0.1) is 35.0 Å². The summed E-state index contributed by atoms with van der Waals surface area (Å²) in [6, 6.07) is 20.5. The second kappa shape index (κ2) is 8.72. The highest BCUT2D eigenvalue weighted by Gasteiger charge is 2.34. The fraction of sp³-hybridized carbons (Fsp3) is 0.148. The summed E-state index contributed by atoms with van der Waals surface area (Å²) >= 11 is 2.18. The molecule has 1 aliphatic rings. The minimum Gasteiger partial charge on any atom is -0.497 e. The van der Waals surface area contributed by atoms with Crippen LogP contribution in [-0.4, -0.2) is 28.6 Å². The van der Waals surface area contributed by atoms with Crippen LogP contribution in [0.5, 0.6) is 5.75 Å². The third kappa shape index (κ3) is 3.69. The number of methoxy groups -OCH3 is 1. The van der Waals surface area contributed by atoms with Gasteiger partial charge in [-0.25, -0.2) is 4.98 Å². The first kappa shape index (κ1) is 22.3. The van der Waals surface area contributed by atoms with Gasteiger partial charge in [0.2, 0.25) is 0 Å². The molecule has 1 amide bonds. The van der Waals surface area contributed by atoms with Crippen molar-refractivity contribution in [1.29, 1.82) is 0 Å². The minimum atomic E-state index is -0.205. The van der Waals surface area contributed by atoms with E-state index >= 15 is 0 Å². The van der Waals surface area contributed by atoms with E-state index in [2.05, 4.69) is 22.6 Å². The molecule has 4 aromatic rings. The highest BCUT2D eigenvalue weighted by molar-refractivity contribution is 14.1. The van der Waals surface area contributed by atoms with Crippen LogP contribution in [0, 0.1) is 3.57 Å². The Kier molecular flexibility index (Phi) is 5.73. The van der Waals surface area contributed by atoms with Crippen LogP contribution in [-0.2, 0) is 4.79 Å². The molecule has 5 rings (SSSR count). The fourth-order valence-electron chi connectivity index (χ4n) is 4.32. The van der Waals surface area contributed by atoms with E-state index in [9.17, 15) is 9.59 Å². The Morgan fingerprint density at radius 2 is 1.79 bits per heavy atom. The first-order valence-corrected chi connectivity index (χ1v) is 12.0. The van der Waals surface area contributed by atoms with Gasteiger partial charge in [-0.15, -0.1) is 0 Å². The van der Waals surface area contributed by atoms with Crippen molar-refractivity contribution in [2.24, 2.45) is 0 Å². The molecule has 7 heteroatoms. The lowest BCUT2D eigenvalue weighted by atomic mass is 10.1. The Balaban J connectivity index is 1.82. The molecule has 0 fully saturated rings. The second-order valence-electron chi connectivity index (χ2n) is 8.32. The van der Waals surface area contributed by atoms with Crippen LogP contribution in [0.1, 0.15) is 25.2 Å². The lowest BCUT2D eigenvalue weighted by molar-refractivity contribution is -0.113. The molecule has 0 saturated heterocycles. The lowest BCUT2D eigenvalue weighted by Crippen LogP contribution is -2.33. The van der Waals surface area contributed by atoms with Crippen LogP contribution in [0.25, 0.3) is 28.2 Å². The Morgan fingerprint density at radius 1 is 1.00 bits per heavy atom. The normalized spacial score (nSPS) is 14.3. The first-order chi connectivity index (χ1) is 16.4. The fourth-order valence-corrected chi connectivity index (χ4v) is 4.81. The predicted molar refractivity (Wildman–Crippen MR) is 144 cm³/mol. The zero-order chi connectivity index (χ0) is 24.0. The third-order valence-corrected chi connectivity index (χ3v) is 6.53. The maximum Gasteiger partial charge on any atom is 0.266 e. The smallest absolute Gasteiger partial charge is 0.266 e. The standard InChI is InChI=1S/C27H22IN3O3/c1-16(2)30-24-10-5-4-9-20(24)21(26(30)32)15-25-29-23-12-11-17(28)13-22(23)27(33)31(25)18-7-6-8-19(14-18)34-3/h4-16H,1-3H3/b21-15+. The van der Waals surface area contributed by atoms with Crippen LogP contribution in [0.15, 0.2) is 71.5 Å². The monoisotopic (exact) mass is 563 g/mol. The summed E-state index contributed by atoms with van der Waals surface area (Å²) in [4.78, 5) is 33.8. The van der Waals surface area contributed by atoms with E-state index in [1.807, 2.05) is 74.5 Å². The molecule has 0 unspecified atom stereocenters. The number of anilines is 1. The number of para-hydroxylation sites is 1. The Morgan fingerprint density at radius 3 is 2.56 bits per heavy atom. The van der Waals surface area contributed by atoms with Crippen LogP contribution >= 0.6 is 22.6 Å². The van der Waals surface area contributed by atoms with E-state index in [0.29, 0.717) is 33.7 Å². The summed E-state index contributed by atoms with van der Waals surface area (Å²) < 4.78 is 7.87. The number of rotatable bonds is 4. The van der Waals surface area contributed by atoms with Gasteiger partial charge >= 0.3 is 0 Å². The van der Waals surface area contributed by atoms with Gasteiger partial charge in [0.15, 0.2) is 0 Å². The van der Waals surface area contributed by atoms with Crippen molar-refractivity contribution >= 4 is 56.7 Å². The maximum atomic E-state index is 13.7. The van der Waals surface area contributed by atoms with Crippen molar-refractivity contribution in [2.75, 3.05) is 12.0 Å². The number of benzene rings is 3. The number of carbonyl (C=O) groups is 1. The van der Waals surface area contributed by atoms with E-state index < -0.39 is 0 Å². The molecule has 0 aliphatic carbocycles. The number of hydrogen-bond acceptors (Lipinski definition) is 4. The van der Waals surface area contributed by atoms with Gasteiger partial charge in [-0.1, -0.05) is 24.3 Å². The van der Waals surface area contributed by atoms with Crippen LogP contribution in [0.4, 0.5) is 5.69 Å². The highest BCUT2D eigenvalue weighted by Crippen LogP contribution is 2.38. The summed E-state index contributed by atoms with van der Waals surface area (Å²) in [7, 11) is 1.58. The van der Waals surface area contributed by atoms with Gasteiger partial charge in [0.1, 0.15) is 11.6 Å². The average molecular weight is 563 g/mol. The van der Waals surface area contributed by atoms with Gasteiger partial charge < -0.3 is 9.64 Å². The molecule has 3 aromatic carbocycles. The maximum absolute atomic E-state index is 13.7. The van der Waals surface area contributed by atoms with E-state index in [-0.39, 0.29) is 17.5 Å². The van der Waals surface area contributed by atoms with Crippen molar-refractivity contribution in [3.63, 3.8) is 0 Å². The number of amides is 1. The zero-order valence-electron chi connectivity index (χ0n) is 18.9. The van der Waals surface area contributed by atoms with Crippen molar-refractivity contribution in [2.45, 2.75) is 19.9 Å². The summed E-state index contributed by atoms with van der Waals surface area (Å²) in [6.07, 6.45) is 1.72. The Labute approximate surface area is 210 Å². The molecule has 0 radical (unpaired) electrons. The molecule has 2 heterocycles. The topological polar surface area (TPSA) is 64.4 Å². The van der Waals surface area contributed by atoms with Gasteiger partial charge in [-0.3, -0.25) is 14.2 Å². The largest absolute Gasteiger partial charge is 0.497 e. The van der Waals surface area contributed by atoms with E-state index in [4.69, 9.17) is 9.72 Å². The minimum absolute atomic E-state index is 0.00762. The Hall–Kier alpha value is -3.46. The second-order valence-corrected chi connectivity index (χ2v) is 9.56. The zero-order valence-corrected chi connectivity index (χ0v) is 21.1. The molecule has 170 valence electrons. The first-order valence-electron chi connectivity index (χ1n) is 10.9. The summed E-state index contributed by atoms with van der Waals surface area (Å²) in [5.41, 5.74) is 3.19. The summed E-state index contributed by atoms with van der Waals surface area (Å²) in [6.45, 7) is 3.97. The van der Waals surface area contributed by atoms with E-state index in [1.54, 1.807) is 28.7 Å². The predicted octanol–water partition coefficient (Wildman–Crippen LogP) is 5.29. The molecule has 0 N–H and O–H groups in total. The molecule has 6 nitrogen and oxygen atoms in total. The number of hydrogen-bond donors (Lipinski definition) is 0. The van der Waals surface area contributed by atoms with E-state index in [0.717, 1.165) is 14.8 Å². The number of aromatic nitrogens is 2. The lowest BCUT2D eigenvalue weighted by Gasteiger charge is -2.21. The quantitative estimate of drug-likeness (QED) is 0.250. The van der Waals surface area contributed by atoms with Crippen molar-refractivity contribution in [3.05, 3.63) is 92.0 Å². The van der Waals surface area contributed by atoms with Gasteiger partial charge in [-0.05, 0) is 78.9 Å². The molecule has 0 atom stereocenters. The van der Waals surface area contributed by atoms with E-state index in [1.165, 1.54) is 0 Å². The molecule has 34 heavy (non-hydrogen) atoms. The van der Waals surface area contributed by atoms with Gasteiger partial charge in [0.25, 0.3) is 11.5 Å². The summed E-state index contributed by atoms with van der Waals surface area (Å²) in [5.74, 6) is 0.903. The molecule has 0 bridgehead atoms. The third-order valence-electron chi connectivity index (χ3n) is 5.86. The number of fused-ring (bicyclic) bond motifs is 2. The van der Waals surface area contributed by atoms with Crippen molar-refractivity contribution < 1.29 is 9.53 Å². The average Bonchev–Trinajstić information content (AvgIpc) is 3.11. The molecule has 0 saturated carbocycles. The van der Waals surface area contributed by atoms with Gasteiger partial charge in [-0.2, -0.15) is 0 Å². The molecule has 1 aliphatic heterocycles. The molecule has 1 aromatic heterocycles. The number of halogens is 1. The van der Waals surface area contributed by atoms with Crippen LogP contribution in [0.2, 0.25) is 0 Å². The SMILES string of the molecule is COc1cccc(-n2c(/C=C3/C(=O)N(C(C)C)c4ccccc43)nc3ccc(I)cc3c2=O)c1. The Bertz CT molecular complexity index is 1540. The van der Waals surface area contributed by atoms with Crippen LogP contribution < -0.4 is 15.2 Å². The van der Waals surface area contributed by atoms with Crippen molar-refractivity contribution in [3.8, 4) is 11.4 Å². The number of nitrogens with zero attached hydrogens (tertiary/aromatic N) is 3. The molecular weight excluding hydrogens is 541 g/mol. The summed E-state index contributed by atoms with van der Waals surface area (Å²) in [5, 5.41) is 0.513. The molecular formula is C27H22IN3O3. The van der Waals surface area contributed by atoms with Crippen molar-refractivity contribution in [1.82, 2.24) is 9.55 Å².